The maximum atomic E-state index is 12.1. The van der Waals surface area contributed by atoms with Crippen molar-refractivity contribution in [2.24, 2.45) is 0 Å². The average molecular weight is 575 g/mol. The second-order valence-corrected chi connectivity index (χ2v) is 9.64. The normalized spacial score (nSPS) is 27.3. The SMILES string of the molecule is C=C(CO[C@@H]1O[C@H](COC(=O)C=Cc2ccc(O)c(O)c2)[C@@H](O)[C@@H](O)[C@@H]1O)[C@H]1Oc2cc(C(C)=O)c(O)cc2[C@@H]1O. The first-order valence-electron chi connectivity index (χ1n) is 12.5. The highest BCUT2D eigenvalue weighted by atomic mass is 16.7. The molecular formula is C28H30O13. The van der Waals surface area contributed by atoms with Crippen molar-refractivity contribution in [1.29, 1.82) is 0 Å². The van der Waals surface area contributed by atoms with Gasteiger partial charge in [-0.15, -0.1) is 0 Å². The van der Waals surface area contributed by atoms with Gasteiger partial charge in [0.05, 0.1) is 12.2 Å². The van der Waals surface area contributed by atoms with E-state index in [9.17, 15) is 45.3 Å². The number of hydrogen-bond acceptors (Lipinski definition) is 13. The highest BCUT2D eigenvalue weighted by Crippen LogP contribution is 2.42. The van der Waals surface area contributed by atoms with Crippen molar-refractivity contribution in [1.82, 2.24) is 0 Å². The number of aliphatic hydroxyl groups is 4. The topological polar surface area (TPSA) is 213 Å². The van der Waals surface area contributed by atoms with Crippen LogP contribution in [-0.4, -0.2) is 97.5 Å². The highest BCUT2D eigenvalue weighted by Gasteiger charge is 2.45. The Hall–Kier alpha value is -3.98. The molecule has 0 bridgehead atoms. The van der Waals surface area contributed by atoms with Crippen molar-refractivity contribution in [3.8, 4) is 23.0 Å². The van der Waals surface area contributed by atoms with Crippen LogP contribution in [-0.2, 0) is 19.0 Å². The number of hydrogen-bond donors (Lipinski definition) is 7. The number of phenolic OH excluding ortho intramolecular Hbond substituents is 3. The number of ether oxygens (including phenoxy) is 4. The molecule has 4 rings (SSSR count). The molecule has 41 heavy (non-hydrogen) atoms. The Labute approximate surface area is 233 Å². The summed E-state index contributed by atoms with van der Waals surface area (Å²) >= 11 is 0. The van der Waals surface area contributed by atoms with Crippen LogP contribution in [0.2, 0.25) is 0 Å². The molecule has 2 aliphatic heterocycles. The standard InChI is InChI=1S/C28H30O13/c1-12(27-23(34)16-8-18(31)15(13(2)29)9-20(16)40-27)10-39-28-26(37)25(36)24(35)21(41-28)11-38-22(33)6-4-14-3-5-17(30)19(32)7-14/h3-9,21,23-28,30-32,34-37H,1,10-11H2,2H3/t21-,23+,24-,25-,26+,27-,28-/m1/s1. The molecule has 13 nitrogen and oxygen atoms in total. The monoisotopic (exact) mass is 574 g/mol. The second-order valence-electron chi connectivity index (χ2n) is 9.64. The van der Waals surface area contributed by atoms with Crippen LogP contribution in [0.1, 0.15) is 34.5 Å². The Morgan fingerprint density at radius 1 is 0.976 bits per heavy atom. The molecule has 0 spiro atoms. The first-order valence-corrected chi connectivity index (χ1v) is 12.5. The van der Waals surface area contributed by atoms with E-state index in [2.05, 4.69) is 6.58 Å². The molecule has 1 saturated heterocycles. The van der Waals surface area contributed by atoms with E-state index in [1.807, 2.05) is 0 Å². The summed E-state index contributed by atoms with van der Waals surface area (Å²) in [5.74, 6) is -2.07. The first-order chi connectivity index (χ1) is 19.4. The lowest BCUT2D eigenvalue weighted by Crippen LogP contribution is -2.59. The van der Waals surface area contributed by atoms with Gasteiger partial charge in [-0.05, 0) is 48.4 Å². The van der Waals surface area contributed by atoms with Crippen molar-refractivity contribution >= 4 is 17.8 Å². The largest absolute Gasteiger partial charge is 0.507 e. The third-order valence-corrected chi connectivity index (χ3v) is 6.67. The van der Waals surface area contributed by atoms with Gasteiger partial charge in [-0.2, -0.15) is 0 Å². The van der Waals surface area contributed by atoms with Crippen molar-refractivity contribution < 1.29 is 64.3 Å². The predicted molar refractivity (Wildman–Crippen MR) is 139 cm³/mol. The lowest BCUT2D eigenvalue weighted by atomic mass is 9.98. The summed E-state index contributed by atoms with van der Waals surface area (Å²) in [6, 6.07) is 6.45. The summed E-state index contributed by atoms with van der Waals surface area (Å²) in [5.41, 5.74) is 0.854. The molecule has 0 saturated carbocycles. The lowest BCUT2D eigenvalue weighted by molar-refractivity contribution is -0.299. The van der Waals surface area contributed by atoms with Gasteiger partial charge in [0, 0.05) is 11.6 Å². The number of aromatic hydroxyl groups is 3. The smallest absolute Gasteiger partial charge is 0.330 e. The molecule has 0 unspecified atom stereocenters. The number of ketones is 1. The van der Waals surface area contributed by atoms with Crippen LogP contribution in [0.5, 0.6) is 23.0 Å². The van der Waals surface area contributed by atoms with E-state index in [-0.39, 0.29) is 46.3 Å². The molecular weight excluding hydrogens is 544 g/mol. The van der Waals surface area contributed by atoms with Gasteiger partial charge in [0.25, 0.3) is 0 Å². The van der Waals surface area contributed by atoms with Gasteiger partial charge < -0.3 is 54.7 Å². The highest BCUT2D eigenvalue weighted by molar-refractivity contribution is 5.97. The minimum atomic E-state index is -1.72. The predicted octanol–water partition coefficient (Wildman–Crippen LogP) is 0.437. The number of carbonyl (C=O) groups is 2. The molecule has 7 N–H and O–H groups in total. The third-order valence-electron chi connectivity index (χ3n) is 6.67. The number of phenols is 3. The van der Waals surface area contributed by atoms with Gasteiger partial charge in [0.15, 0.2) is 29.7 Å². The Morgan fingerprint density at radius 2 is 1.71 bits per heavy atom. The summed E-state index contributed by atoms with van der Waals surface area (Å²) in [4.78, 5) is 23.8. The minimum absolute atomic E-state index is 0.0200. The number of rotatable bonds is 9. The number of esters is 1. The number of aliphatic hydroxyl groups excluding tert-OH is 4. The number of carbonyl (C=O) groups excluding carboxylic acids is 2. The Morgan fingerprint density at radius 3 is 2.39 bits per heavy atom. The fraction of sp³-hybridized carbons (Fsp3) is 0.357. The molecule has 2 aromatic carbocycles. The molecule has 13 heteroatoms. The van der Waals surface area contributed by atoms with Crippen LogP contribution in [0.15, 0.2) is 48.6 Å². The van der Waals surface area contributed by atoms with Crippen molar-refractivity contribution in [3.05, 3.63) is 65.3 Å². The molecule has 220 valence electrons. The van der Waals surface area contributed by atoms with Crippen LogP contribution < -0.4 is 4.74 Å². The number of fused-ring (bicyclic) bond motifs is 1. The van der Waals surface area contributed by atoms with E-state index in [4.69, 9.17) is 18.9 Å². The summed E-state index contributed by atoms with van der Waals surface area (Å²) in [6.07, 6.45) is -7.72. The molecule has 0 aliphatic carbocycles. The van der Waals surface area contributed by atoms with E-state index >= 15 is 0 Å². The maximum absolute atomic E-state index is 12.1. The molecule has 2 aliphatic rings. The van der Waals surface area contributed by atoms with Crippen LogP contribution in [0.4, 0.5) is 0 Å². The van der Waals surface area contributed by atoms with Crippen LogP contribution >= 0.6 is 0 Å². The summed E-state index contributed by atoms with van der Waals surface area (Å²) in [5, 5.41) is 70.6. The molecule has 0 radical (unpaired) electrons. The minimum Gasteiger partial charge on any atom is -0.507 e. The number of benzene rings is 2. The summed E-state index contributed by atoms with van der Waals surface area (Å²) in [7, 11) is 0. The van der Waals surface area contributed by atoms with Gasteiger partial charge >= 0.3 is 5.97 Å². The van der Waals surface area contributed by atoms with Gasteiger partial charge in [-0.1, -0.05) is 12.6 Å². The maximum Gasteiger partial charge on any atom is 0.330 e. The molecule has 0 aromatic heterocycles. The van der Waals surface area contributed by atoms with Crippen LogP contribution in [0.3, 0.4) is 0 Å². The Bertz CT molecular complexity index is 1350. The van der Waals surface area contributed by atoms with Crippen molar-refractivity contribution in [3.63, 3.8) is 0 Å². The Balaban J connectivity index is 1.33. The zero-order valence-corrected chi connectivity index (χ0v) is 21.8. The summed E-state index contributed by atoms with van der Waals surface area (Å²) in [6.45, 7) is 4.25. The van der Waals surface area contributed by atoms with E-state index in [0.717, 1.165) is 6.08 Å². The fourth-order valence-electron chi connectivity index (χ4n) is 4.35. The molecule has 0 amide bonds. The average Bonchev–Trinajstić information content (AvgIpc) is 3.25. The second kappa shape index (κ2) is 12.3. The quantitative estimate of drug-likeness (QED) is 0.0713. The van der Waals surface area contributed by atoms with E-state index in [1.165, 1.54) is 43.3 Å². The van der Waals surface area contributed by atoms with Gasteiger partial charge in [0.2, 0.25) is 0 Å². The fourth-order valence-corrected chi connectivity index (χ4v) is 4.35. The van der Waals surface area contributed by atoms with Crippen molar-refractivity contribution in [2.45, 2.75) is 49.8 Å². The lowest BCUT2D eigenvalue weighted by Gasteiger charge is -2.40. The third kappa shape index (κ3) is 6.51. The number of Topliss-reactive ketones (excluding diaryl/α,β-unsaturated/α-hetero) is 1. The van der Waals surface area contributed by atoms with Gasteiger partial charge in [-0.25, -0.2) is 4.79 Å². The van der Waals surface area contributed by atoms with Crippen LogP contribution in [0, 0.1) is 0 Å². The zero-order valence-electron chi connectivity index (χ0n) is 21.8. The van der Waals surface area contributed by atoms with Crippen molar-refractivity contribution in [2.75, 3.05) is 13.2 Å². The van der Waals surface area contributed by atoms with Gasteiger partial charge in [0.1, 0.15) is 48.6 Å². The van der Waals surface area contributed by atoms with E-state index in [0.29, 0.717) is 5.56 Å². The molecule has 1 fully saturated rings. The van der Waals surface area contributed by atoms with Crippen LogP contribution in [0.25, 0.3) is 6.08 Å². The molecule has 7 atom stereocenters. The molecule has 2 heterocycles. The molecule has 2 aromatic rings. The van der Waals surface area contributed by atoms with E-state index < -0.39 is 61.3 Å². The summed E-state index contributed by atoms with van der Waals surface area (Å²) < 4.78 is 21.8. The first kappa shape index (κ1) is 30.0. The Kier molecular flexibility index (Phi) is 8.97. The zero-order chi connectivity index (χ0) is 30.0. The van der Waals surface area contributed by atoms with E-state index in [1.54, 1.807) is 0 Å². The van der Waals surface area contributed by atoms with Gasteiger partial charge in [-0.3, -0.25) is 4.79 Å².